The summed E-state index contributed by atoms with van der Waals surface area (Å²) in [4.78, 5) is 4.00. The van der Waals surface area contributed by atoms with Crippen LogP contribution in [0.4, 0.5) is 0 Å². The van der Waals surface area contributed by atoms with Gasteiger partial charge in [-0.25, -0.2) is 4.98 Å². The van der Waals surface area contributed by atoms with E-state index in [1.807, 2.05) is 0 Å². The van der Waals surface area contributed by atoms with Crippen molar-refractivity contribution in [3.63, 3.8) is 0 Å². The second-order valence-electron chi connectivity index (χ2n) is 3.82. The summed E-state index contributed by atoms with van der Waals surface area (Å²) in [6.07, 6.45) is 3.22. The van der Waals surface area contributed by atoms with Gasteiger partial charge in [0.25, 0.3) is 0 Å². The van der Waals surface area contributed by atoms with Crippen LogP contribution in [0.15, 0.2) is 12.3 Å². The molecule has 1 N–H and O–H groups in total. The molecule has 0 aliphatic heterocycles. The zero-order valence-corrected chi connectivity index (χ0v) is 9.31. The van der Waals surface area contributed by atoms with Crippen molar-refractivity contribution in [2.24, 2.45) is 0 Å². The molecule has 1 atom stereocenters. The fourth-order valence-corrected chi connectivity index (χ4v) is 2.37. The first-order chi connectivity index (χ1) is 6.56. The average molecular weight is 232 g/mol. The van der Waals surface area contributed by atoms with Crippen LogP contribution in [-0.2, 0) is 5.41 Å². The van der Waals surface area contributed by atoms with E-state index in [1.54, 1.807) is 19.2 Å². The van der Waals surface area contributed by atoms with Gasteiger partial charge in [0.2, 0.25) is 0 Å². The molecule has 1 aromatic rings. The van der Waals surface area contributed by atoms with E-state index in [4.69, 9.17) is 23.2 Å². The van der Waals surface area contributed by atoms with Gasteiger partial charge in [-0.15, -0.1) is 0 Å². The number of halogens is 2. The summed E-state index contributed by atoms with van der Waals surface area (Å²) >= 11 is 11.8. The molecule has 1 fully saturated rings. The molecule has 0 aromatic carbocycles. The topological polar surface area (TPSA) is 33.1 Å². The standard InChI is InChI=1S/C10H11Cl2NO/c1-6(14)10(2-3-10)7-5-13-9(12)4-8(7)11/h4-6,14H,2-3H2,1H3. The van der Waals surface area contributed by atoms with Crippen molar-refractivity contribution < 1.29 is 5.11 Å². The monoisotopic (exact) mass is 231 g/mol. The number of aliphatic hydroxyl groups is 1. The fraction of sp³-hybridized carbons (Fsp3) is 0.500. The van der Waals surface area contributed by atoms with Gasteiger partial charge >= 0.3 is 0 Å². The Morgan fingerprint density at radius 1 is 1.50 bits per heavy atom. The van der Waals surface area contributed by atoms with Gasteiger partial charge in [-0.2, -0.15) is 0 Å². The second-order valence-corrected chi connectivity index (χ2v) is 4.61. The van der Waals surface area contributed by atoms with Gasteiger partial charge in [-0.1, -0.05) is 23.2 Å². The van der Waals surface area contributed by atoms with Crippen LogP contribution in [0.5, 0.6) is 0 Å². The van der Waals surface area contributed by atoms with Crippen molar-refractivity contribution >= 4 is 23.2 Å². The number of aromatic nitrogens is 1. The summed E-state index contributed by atoms with van der Waals surface area (Å²) in [5.41, 5.74) is 0.743. The van der Waals surface area contributed by atoms with Crippen LogP contribution in [-0.4, -0.2) is 16.2 Å². The lowest BCUT2D eigenvalue weighted by molar-refractivity contribution is 0.150. The number of aliphatic hydroxyl groups excluding tert-OH is 1. The first-order valence-electron chi connectivity index (χ1n) is 4.56. The highest BCUT2D eigenvalue weighted by Gasteiger charge is 2.49. The minimum atomic E-state index is -0.386. The molecule has 14 heavy (non-hydrogen) atoms. The summed E-state index contributed by atoms with van der Waals surface area (Å²) in [6, 6.07) is 1.63. The molecular formula is C10H11Cl2NO. The molecule has 4 heteroatoms. The highest BCUT2D eigenvalue weighted by molar-refractivity contribution is 6.34. The van der Waals surface area contributed by atoms with Gasteiger partial charge in [0, 0.05) is 16.6 Å². The highest BCUT2D eigenvalue weighted by atomic mass is 35.5. The largest absolute Gasteiger partial charge is 0.392 e. The fourth-order valence-electron chi connectivity index (χ4n) is 1.82. The number of pyridine rings is 1. The number of rotatable bonds is 2. The van der Waals surface area contributed by atoms with Crippen molar-refractivity contribution in [2.75, 3.05) is 0 Å². The zero-order valence-electron chi connectivity index (χ0n) is 7.80. The van der Waals surface area contributed by atoms with E-state index < -0.39 is 0 Å². The van der Waals surface area contributed by atoms with Crippen molar-refractivity contribution in [1.82, 2.24) is 4.98 Å². The molecule has 1 heterocycles. The van der Waals surface area contributed by atoms with Crippen LogP contribution in [0.25, 0.3) is 0 Å². The molecule has 0 bridgehead atoms. The summed E-state index contributed by atoms with van der Waals surface area (Å²) in [5.74, 6) is 0. The quantitative estimate of drug-likeness (QED) is 0.795. The van der Waals surface area contributed by atoms with Crippen molar-refractivity contribution in [3.05, 3.63) is 28.0 Å². The van der Waals surface area contributed by atoms with Gasteiger partial charge in [0.05, 0.1) is 6.10 Å². The van der Waals surface area contributed by atoms with Gasteiger partial charge in [0.15, 0.2) is 0 Å². The lowest BCUT2D eigenvalue weighted by Gasteiger charge is -2.19. The number of hydrogen-bond acceptors (Lipinski definition) is 2. The van der Waals surface area contributed by atoms with Crippen LogP contribution in [0.3, 0.4) is 0 Å². The molecule has 2 rings (SSSR count). The minimum Gasteiger partial charge on any atom is -0.392 e. The first kappa shape index (κ1) is 10.2. The third kappa shape index (κ3) is 1.52. The first-order valence-corrected chi connectivity index (χ1v) is 5.31. The van der Waals surface area contributed by atoms with Crippen molar-refractivity contribution in [2.45, 2.75) is 31.3 Å². The van der Waals surface area contributed by atoms with Crippen molar-refractivity contribution in [3.8, 4) is 0 Å². The Labute approximate surface area is 92.9 Å². The predicted octanol–water partition coefficient (Wildman–Crippen LogP) is 2.80. The Kier molecular flexibility index (Phi) is 2.46. The summed E-state index contributed by atoms with van der Waals surface area (Å²) in [5, 5.41) is 10.7. The second kappa shape index (κ2) is 3.37. The third-order valence-electron chi connectivity index (χ3n) is 2.94. The number of hydrogen-bond donors (Lipinski definition) is 1. The maximum atomic E-state index is 9.67. The number of nitrogens with zero attached hydrogens (tertiary/aromatic N) is 1. The van der Waals surface area contributed by atoms with E-state index in [9.17, 15) is 5.11 Å². The summed E-state index contributed by atoms with van der Waals surface area (Å²) in [6.45, 7) is 1.79. The Bertz CT molecular complexity index is 361. The predicted molar refractivity (Wildman–Crippen MR) is 56.8 cm³/mol. The van der Waals surface area contributed by atoms with E-state index in [1.165, 1.54) is 0 Å². The van der Waals surface area contributed by atoms with Gasteiger partial charge in [-0.3, -0.25) is 0 Å². The maximum absolute atomic E-state index is 9.67. The van der Waals surface area contributed by atoms with Crippen LogP contribution in [0.2, 0.25) is 10.2 Å². The normalized spacial score (nSPS) is 20.6. The molecule has 1 aliphatic rings. The highest BCUT2D eigenvalue weighted by Crippen LogP contribution is 2.52. The van der Waals surface area contributed by atoms with E-state index in [0.717, 1.165) is 18.4 Å². The molecule has 0 spiro atoms. The van der Waals surface area contributed by atoms with Crippen LogP contribution in [0, 0.1) is 0 Å². The lowest BCUT2D eigenvalue weighted by Crippen LogP contribution is -2.23. The molecule has 1 saturated carbocycles. The van der Waals surface area contributed by atoms with E-state index in [2.05, 4.69) is 4.98 Å². The van der Waals surface area contributed by atoms with E-state index in [0.29, 0.717) is 10.2 Å². The smallest absolute Gasteiger partial charge is 0.130 e. The maximum Gasteiger partial charge on any atom is 0.130 e. The third-order valence-corrected chi connectivity index (χ3v) is 3.46. The molecule has 1 aliphatic carbocycles. The molecule has 0 radical (unpaired) electrons. The summed E-state index contributed by atoms with van der Waals surface area (Å²) < 4.78 is 0. The van der Waals surface area contributed by atoms with Crippen molar-refractivity contribution in [1.29, 1.82) is 0 Å². The molecule has 2 nitrogen and oxygen atoms in total. The Morgan fingerprint density at radius 2 is 2.14 bits per heavy atom. The van der Waals surface area contributed by atoms with Gasteiger partial charge < -0.3 is 5.11 Å². The molecular weight excluding hydrogens is 221 g/mol. The van der Waals surface area contributed by atoms with Gasteiger partial charge in [-0.05, 0) is 31.4 Å². The SMILES string of the molecule is CC(O)C1(c2cnc(Cl)cc2Cl)CC1. The molecule has 1 aromatic heterocycles. The lowest BCUT2D eigenvalue weighted by atomic mass is 9.92. The Morgan fingerprint density at radius 3 is 2.57 bits per heavy atom. The van der Waals surface area contributed by atoms with E-state index >= 15 is 0 Å². The summed E-state index contributed by atoms with van der Waals surface area (Å²) in [7, 11) is 0. The average Bonchev–Trinajstić information content (AvgIpc) is 2.84. The van der Waals surface area contributed by atoms with Crippen LogP contribution in [0.1, 0.15) is 25.3 Å². The molecule has 1 unspecified atom stereocenters. The minimum absolute atomic E-state index is 0.172. The molecule has 0 saturated heterocycles. The molecule has 76 valence electrons. The van der Waals surface area contributed by atoms with Gasteiger partial charge in [0.1, 0.15) is 5.15 Å². The Hall–Kier alpha value is -0.310. The Balaban J connectivity index is 2.42. The molecule has 0 amide bonds. The van der Waals surface area contributed by atoms with Crippen LogP contribution >= 0.6 is 23.2 Å². The zero-order chi connectivity index (χ0) is 10.3. The van der Waals surface area contributed by atoms with E-state index in [-0.39, 0.29) is 11.5 Å². The van der Waals surface area contributed by atoms with Crippen LogP contribution < -0.4 is 0 Å².